The highest BCUT2D eigenvalue weighted by Gasteiger charge is 2.25. The van der Waals surface area contributed by atoms with Crippen molar-refractivity contribution in [1.29, 1.82) is 0 Å². The molecular formula is C12H20N4O2. The largest absolute Gasteiger partial charge is 0.383 e. The van der Waals surface area contributed by atoms with Gasteiger partial charge in [-0.25, -0.2) is 4.79 Å². The smallest absolute Gasteiger partial charge is 0.315 e. The van der Waals surface area contributed by atoms with E-state index in [0.29, 0.717) is 5.56 Å². The van der Waals surface area contributed by atoms with Crippen molar-refractivity contribution in [3.63, 3.8) is 0 Å². The van der Waals surface area contributed by atoms with Gasteiger partial charge in [-0.1, -0.05) is 6.08 Å². The molecule has 0 saturated heterocycles. The lowest BCUT2D eigenvalue weighted by molar-refractivity contribution is 0.0592. The van der Waals surface area contributed by atoms with E-state index in [4.69, 9.17) is 0 Å². The van der Waals surface area contributed by atoms with E-state index in [9.17, 15) is 9.90 Å². The van der Waals surface area contributed by atoms with Gasteiger partial charge in [-0.2, -0.15) is 5.10 Å². The van der Waals surface area contributed by atoms with E-state index >= 15 is 0 Å². The molecule has 0 saturated carbocycles. The van der Waals surface area contributed by atoms with Gasteiger partial charge >= 0.3 is 6.03 Å². The van der Waals surface area contributed by atoms with Crippen LogP contribution in [-0.4, -0.2) is 33.5 Å². The molecule has 0 aromatic carbocycles. The fraction of sp³-hybridized carbons (Fsp3) is 0.500. The lowest BCUT2D eigenvalue weighted by Crippen LogP contribution is -2.45. The molecule has 0 radical (unpaired) electrons. The first kappa shape index (κ1) is 14.2. The second-order valence-electron chi connectivity index (χ2n) is 4.53. The number of nitrogens with zero attached hydrogens (tertiary/aromatic N) is 2. The topological polar surface area (TPSA) is 79.2 Å². The van der Waals surface area contributed by atoms with E-state index in [2.05, 4.69) is 22.3 Å². The minimum absolute atomic E-state index is 0.106. The third-order valence-corrected chi connectivity index (χ3v) is 2.63. The third-order valence-electron chi connectivity index (χ3n) is 2.63. The van der Waals surface area contributed by atoms with Crippen molar-refractivity contribution in [2.45, 2.75) is 25.5 Å². The zero-order valence-electron chi connectivity index (χ0n) is 11.0. The second kappa shape index (κ2) is 5.68. The number of nitrogens with one attached hydrogen (secondary N) is 2. The Bertz CT molecular complexity index is 425. The van der Waals surface area contributed by atoms with Crippen LogP contribution in [0.3, 0.4) is 0 Å². The van der Waals surface area contributed by atoms with Crippen molar-refractivity contribution < 1.29 is 9.90 Å². The van der Waals surface area contributed by atoms with Crippen LogP contribution < -0.4 is 10.6 Å². The number of carbonyl (C=O) groups is 1. The molecule has 1 aromatic rings. The van der Waals surface area contributed by atoms with Crippen LogP contribution in [0, 0.1) is 0 Å². The zero-order valence-corrected chi connectivity index (χ0v) is 11.0. The molecule has 6 nitrogen and oxygen atoms in total. The minimum atomic E-state index is -1.15. The normalized spacial score (nSPS) is 15.6. The number of aryl methyl sites for hydroxylation is 1. The van der Waals surface area contributed by atoms with Crippen molar-refractivity contribution in [3.8, 4) is 0 Å². The Morgan fingerprint density at radius 1 is 1.78 bits per heavy atom. The Hall–Kier alpha value is -1.82. The quantitative estimate of drug-likeness (QED) is 0.668. The number of aliphatic hydroxyl groups is 1. The van der Waals surface area contributed by atoms with Crippen LogP contribution >= 0.6 is 0 Å². The summed E-state index contributed by atoms with van der Waals surface area (Å²) in [5, 5.41) is 19.5. The number of urea groups is 1. The summed E-state index contributed by atoms with van der Waals surface area (Å²) in [5.41, 5.74) is -0.495. The molecule has 6 heteroatoms. The molecule has 3 N–H and O–H groups in total. The van der Waals surface area contributed by atoms with Gasteiger partial charge in [0.1, 0.15) is 5.60 Å². The van der Waals surface area contributed by atoms with Crippen LogP contribution in [0.1, 0.15) is 19.4 Å². The molecule has 0 spiro atoms. The molecule has 1 heterocycles. The van der Waals surface area contributed by atoms with Gasteiger partial charge in [-0.15, -0.1) is 6.58 Å². The summed E-state index contributed by atoms with van der Waals surface area (Å²) in [5.74, 6) is 0. The highest BCUT2D eigenvalue weighted by Crippen LogP contribution is 2.18. The molecule has 1 aromatic heterocycles. The average Bonchev–Trinajstić information content (AvgIpc) is 2.74. The third kappa shape index (κ3) is 3.89. The highest BCUT2D eigenvalue weighted by atomic mass is 16.3. The first-order chi connectivity index (χ1) is 8.35. The summed E-state index contributed by atoms with van der Waals surface area (Å²) in [6.45, 7) is 7.11. The van der Waals surface area contributed by atoms with E-state index < -0.39 is 5.60 Å². The van der Waals surface area contributed by atoms with E-state index in [1.165, 1.54) is 0 Å². The Kier molecular flexibility index (Phi) is 4.49. The minimum Gasteiger partial charge on any atom is -0.383 e. The van der Waals surface area contributed by atoms with E-state index in [-0.39, 0.29) is 18.6 Å². The molecule has 1 rings (SSSR count). The van der Waals surface area contributed by atoms with Gasteiger partial charge in [0.05, 0.1) is 12.7 Å². The van der Waals surface area contributed by atoms with Crippen LogP contribution in [0.5, 0.6) is 0 Å². The lowest BCUT2D eigenvalue weighted by Gasteiger charge is -2.22. The van der Waals surface area contributed by atoms with Gasteiger partial charge in [-0.3, -0.25) is 4.68 Å². The number of amides is 2. The van der Waals surface area contributed by atoms with Crippen LogP contribution in [0.15, 0.2) is 25.0 Å². The highest BCUT2D eigenvalue weighted by molar-refractivity contribution is 5.74. The molecule has 0 aliphatic carbocycles. The summed E-state index contributed by atoms with van der Waals surface area (Å²) < 4.78 is 1.60. The molecular weight excluding hydrogens is 232 g/mol. The standard InChI is InChI=1S/C12H20N4O2/c1-5-9(2)15-11(17)13-8-12(3,18)10-6-14-16(4)7-10/h5-7,9,18H,1,8H2,2-4H3,(H2,13,15,17). The number of hydrogen-bond acceptors (Lipinski definition) is 3. The van der Waals surface area contributed by atoms with Crippen molar-refractivity contribution in [2.75, 3.05) is 6.54 Å². The maximum absolute atomic E-state index is 11.5. The molecule has 0 aliphatic rings. The molecule has 18 heavy (non-hydrogen) atoms. The molecule has 100 valence electrons. The fourth-order valence-corrected chi connectivity index (χ4v) is 1.37. The summed E-state index contributed by atoms with van der Waals surface area (Å²) in [4.78, 5) is 11.5. The molecule has 2 atom stereocenters. The van der Waals surface area contributed by atoms with Crippen LogP contribution in [0.2, 0.25) is 0 Å². The maximum atomic E-state index is 11.5. The monoisotopic (exact) mass is 252 g/mol. The van der Waals surface area contributed by atoms with E-state index in [1.807, 2.05) is 6.92 Å². The summed E-state index contributed by atoms with van der Waals surface area (Å²) in [6, 6.07) is -0.458. The predicted octanol–water partition coefficient (Wildman–Crippen LogP) is 0.501. The molecule has 0 bridgehead atoms. The van der Waals surface area contributed by atoms with E-state index in [0.717, 1.165) is 0 Å². The summed E-state index contributed by atoms with van der Waals surface area (Å²) >= 11 is 0. The Morgan fingerprint density at radius 2 is 2.44 bits per heavy atom. The average molecular weight is 252 g/mol. The fourth-order valence-electron chi connectivity index (χ4n) is 1.37. The van der Waals surface area contributed by atoms with Gasteiger partial charge < -0.3 is 15.7 Å². The van der Waals surface area contributed by atoms with Gasteiger partial charge in [0.2, 0.25) is 0 Å². The molecule has 0 aliphatic heterocycles. The second-order valence-corrected chi connectivity index (χ2v) is 4.53. The lowest BCUT2D eigenvalue weighted by atomic mass is 10.00. The van der Waals surface area contributed by atoms with Gasteiger partial charge in [0.15, 0.2) is 0 Å². The van der Waals surface area contributed by atoms with Gasteiger partial charge in [0.25, 0.3) is 0 Å². The van der Waals surface area contributed by atoms with Crippen LogP contribution in [0.25, 0.3) is 0 Å². The van der Waals surface area contributed by atoms with Gasteiger partial charge in [-0.05, 0) is 13.8 Å². The first-order valence-electron chi connectivity index (χ1n) is 5.73. The van der Waals surface area contributed by atoms with Crippen LogP contribution in [0.4, 0.5) is 4.79 Å². The number of aromatic nitrogens is 2. The molecule has 2 amide bonds. The van der Waals surface area contributed by atoms with Crippen molar-refractivity contribution >= 4 is 6.03 Å². The summed E-state index contributed by atoms with van der Waals surface area (Å²) in [6.07, 6.45) is 4.91. The van der Waals surface area contributed by atoms with Gasteiger partial charge in [0, 0.05) is 24.8 Å². The molecule has 2 unspecified atom stereocenters. The number of rotatable bonds is 5. The first-order valence-corrected chi connectivity index (χ1v) is 5.73. The molecule has 0 fully saturated rings. The Morgan fingerprint density at radius 3 is 2.94 bits per heavy atom. The SMILES string of the molecule is C=CC(C)NC(=O)NCC(C)(O)c1cnn(C)c1. The number of carbonyl (C=O) groups excluding carboxylic acids is 1. The maximum Gasteiger partial charge on any atom is 0.315 e. The van der Waals surface area contributed by atoms with Crippen molar-refractivity contribution in [1.82, 2.24) is 20.4 Å². The van der Waals surface area contributed by atoms with E-state index in [1.54, 1.807) is 37.1 Å². The predicted molar refractivity (Wildman–Crippen MR) is 69.0 cm³/mol. The Balaban J connectivity index is 2.51. The van der Waals surface area contributed by atoms with Crippen molar-refractivity contribution in [3.05, 3.63) is 30.6 Å². The summed E-state index contributed by atoms with van der Waals surface area (Å²) in [7, 11) is 1.77. The van der Waals surface area contributed by atoms with Crippen LogP contribution in [-0.2, 0) is 12.6 Å². The Labute approximate surface area is 107 Å². The number of hydrogen-bond donors (Lipinski definition) is 3. The van der Waals surface area contributed by atoms with Crippen molar-refractivity contribution in [2.24, 2.45) is 7.05 Å². The zero-order chi connectivity index (χ0) is 13.8.